The molecule has 0 aliphatic carbocycles. The van der Waals surface area contributed by atoms with Crippen LogP contribution in [0.25, 0.3) is 33.2 Å². The predicted octanol–water partition coefficient (Wildman–Crippen LogP) is 6.97. The number of hydrogen-bond acceptors (Lipinski definition) is 6. The Hall–Kier alpha value is -5.97. The minimum atomic E-state index is -0.814. The van der Waals surface area contributed by atoms with E-state index in [-0.39, 0.29) is 49.5 Å². The average Bonchev–Trinajstić information content (AvgIpc) is 3.70. The lowest BCUT2D eigenvalue weighted by Crippen LogP contribution is -2.54. The molecule has 1 aliphatic rings. The van der Waals surface area contributed by atoms with Crippen molar-refractivity contribution in [1.82, 2.24) is 25.1 Å². The van der Waals surface area contributed by atoms with E-state index < -0.39 is 5.54 Å². The summed E-state index contributed by atoms with van der Waals surface area (Å²) in [6, 6.07) is 28.0. The molecule has 0 fully saturated rings. The number of carbonyl (C=O) groups is 3. The van der Waals surface area contributed by atoms with Crippen LogP contribution in [0.15, 0.2) is 95.4 Å². The van der Waals surface area contributed by atoms with Gasteiger partial charge >= 0.3 is 0 Å². The molecule has 6 aromatic rings. The molecule has 266 valence electrons. The molecule has 0 spiro atoms. The Bertz CT molecular complexity index is 2270. The van der Waals surface area contributed by atoms with Gasteiger partial charge in [-0.15, -0.1) is 0 Å². The Morgan fingerprint density at radius 3 is 2.37 bits per heavy atom. The maximum absolute atomic E-state index is 13.8. The minimum absolute atomic E-state index is 0.0505. The van der Waals surface area contributed by atoms with Crippen LogP contribution in [0, 0.1) is 12.7 Å². The molecule has 0 unspecified atom stereocenters. The Balaban J connectivity index is 0.933. The molecule has 0 radical (unpaired) electrons. The van der Waals surface area contributed by atoms with Gasteiger partial charge in [-0.3, -0.25) is 14.4 Å². The molecule has 1 aliphatic heterocycles. The highest BCUT2D eigenvalue weighted by atomic mass is 19.1. The van der Waals surface area contributed by atoms with Crippen LogP contribution in [0.5, 0.6) is 0 Å². The Labute approximate surface area is 301 Å². The van der Waals surface area contributed by atoms with Gasteiger partial charge in [-0.1, -0.05) is 42.0 Å². The highest BCUT2D eigenvalue weighted by molar-refractivity contribution is 6.05. The predicted molar refractivity (Wildman–Crippen MR) is 199 cm³/mol. The van der Waals surface area contributed by atoms with E-state index in [1.54, 1.807) is 17.0 Å². The topological polar surface area (TPSA) is 122 Å². The van der Waals surface area contributed by atoms with Crippen LogP contribution in [-0.4, -0.2) is 51.8 Å². The number of hydrogen-bond donors (Lipinski definition) is 3. The van der Waals surface area contributed by atoms with Crippen molar-refractivity contribution in [3.05, 3.63) is 114 Å². The highest BCUT2D eigenvalue weighted by Gasteiger charge is 2.41. The van der Waals surface area contributed by atoms with Gasteiger partial charge in [0.15, 0.2) is 0 Å². The second-order valence-electron chi connectivity index (χ2n) is 13.7. The van der Waals surface area contributed by atoms with E-state index in [1.165, 1.54) is 12.1 Å². The van der Waals surface area contributed by atoms with Crippen molar-refractivity contribution in [3.8, 4) is 11.3 Å². The molecule has 7 rings (SSSR count). The van der Waals surface area contributed by atoms with Crippen LogP contribution < -0.4 is 16.0 Å². The van der Waals surface area contributed by atoms with E-state index in [0.29, 0.717) is 31.0 Å². The quantitative estimate of drug-likeness (QED) is 0.134. The molecular weight excluding hydrogens is 659 g/mol. The van der Waals surface area contributed by atoms with E-state index in [9.17, 15) is 18.8 Å². The lowest BCUT2D eigenvalue weighted by Gasteiger charge is -2.42. The number of imidazole rings is 1. The van der Waals surface area contributed by atoms with Gasteiger partial charge < -0.3 is 29.8 Å². The summed E-state index contributed by atoms with van der Waals surface area (Å²) in [5, 5.41) is 11.1. The fourth-order valence-electron chi connectivity index (χ4n) is 6.83. The third-order valence-electron chi connectivity index (χ3n) is 9.66. The first-order valence-corrected chi connectivity index (χ1v) is 17.5. The van der Waals surface area contributed by atoms with Crippen LogP contribution in [0.3, 0.4) is 0 Å². The van der Waals surface area contributed by atoms with Gasteiger partial charge in [0.05, 0.1) is 12.1 Å². The van der Waals surface area contributed by atoms with Crippen molar-refractivity contribution in [3.63, 3.8) is 0 Å². The number of halogens is 1. The van der Waals surface area contributed by atoms with Gasteiger partial charge in [-0.25, -0.2) is 9.37 Å². The number of furan rings is 1. The molecule has 0 atom stereocenters. The van der Waals surface area contributed by atoms with Gasteiger partial charge in [-0.05, 0) is 87.4 Å². The second kappa shape index (κ2) is 14.3. The van der Waals surface area contributed by atoms with Gasteiger partial charge in [0.25, 0.3) is 0 Å². The zero-order valence-corrected chi connectivity index (χ0v) is 29.5. The zero-order chi connectivity index (χ0) is 36.4. The first kappa shape index (κ1) is 34.5. The molecular formula is C41H41FN6O4. The summed E-state index contributed by atoms with van der Waals surface area (Å²) in [4.78, 5) is 45.5. The van der Waals surface area contributed by atoms with Crippen LogP contribution in [0.4, 0.5) is 15.9 Å². The summed E-state index contributed by atoms with van der Waals surface area (Å²) < 4.78 is 21.8. The van der Waals surface area contributed by atoms with E-state index in [1.807, 2.05) is 81.4 Å². The molecule has 11 heteroatoms. The maximum atomic E-state index is 13.8. The van der Waals surface area contributed by atoms with E-state index in [4.69, 9.17) is 9.40 Å². The Morgan fingerprint density at radius 2 is 1.58 bits per heavy atom. The molecule has 0 bridgehead atoms. The maximum Gasteiger partial charge on any atom is 0.242 e. The number of para-hydroxylation sites is 1. The molecule has 2 aromatic heterocycles. The second-order valence-corrected chi connectivity index (χ2v) is 13.7. The number of aromatic nitrogens is 2. The lowest BCUT2D eigenvalue weighted by molar-refractivity contribution is -0.139. The van der Waals surface area contributed by atoms with Gasteiger partial charge in [0.1, 0.15) is 34.3 Å². The van der Waals surface area contributed by atoms with E-state index in [0.717, 1.165) is 50.1 Å². The molecule has 3 N–H and O–H groups in total. The SMILES string of the molecule is Cc1ccc(Nc2c(-c3ccc(F)cc3)nc3n2CCN(C(=O)CNC(=O)CCNC(=O)CCc2ccc4oc5ccccc5c4c2)C3(C)C)cc1. The number of rotatable bonds is 11. The van der Waals surface area contributed by atoms with Gasteiger partial charge in [0.2, 0.25) is 17.7 Å². The van der Waals surface area contributed by atoms with Gasteiger partial charge in [-0.2, -0.15) is 0 Å². The molecule has 0 saturated carbocycles. The Morgan fingerprint density at radius 1 is 0.846 bits per heavy atom. The summed E-state index contributed by atoms with van der Waals surface area (Å²) in [5.41, 5.74) is 5.27. The number of carbonyl (C=O) groups excluding carboxylic acids is 3. The minimum Gasteiger partial charge on any atom is -0.456 e. The summed E-state index contributed by atoms with van der Waals surface area (Å²) >= 11 is 0. The van der Waals surface area contributed by atoms with Crippen molar-refractivity contribution < 1.29 is 23.2 Å². The van der Waals surface area contributed by atoms with Crippen molar-refractivity contribution in [2.45, 2.75) is 52.1 Å². The summed E-state index contributed by atoms with van der Waals surface area (Å²) in [7, 11) is 0. The van der Waals surface area contributed by atoms with E-state index >= 15 is 0 Å². The third kappa shape index (κ3) is 7.12. The number of amides is 3. The summed E-state index contributed by atoms with van der Waals surface area (Å²) in [6.45, 7) is 6.74. The van der Waals surface area contributed by atoms with Crippen LogP contribution in [-0.2, 0) is 32.9 Å². The average molecular weight is 701 g/mol. The number of anilines is 2. The van der Waals surface area contributed by atoms with Crippen LogP contribution in [0.1, 0.15) is 43.6 Å². The normalized spacial score (nSPS) is 13.6. The highest BCUT2D eigenvalue weighted by Crippen LogP contribution is 2.39. The van der Waals surface area contributed by atoms with Crippen molar-refractivity contribution in [2.24, 2.45) is 0 Å². The number of benzene rings is 4. The summed E-state index contributed by atoms with van der Waals surface area (Å²) in [6.07, 6.45) is 0.891. The van der Waals surface area contributed by atoms with Crippen LogP contribution in [0.2, 0.25) is 0 Å². The molecule has 0 saturated heterocycles. The number of nitrogens with zero attached hydrogens (tertiary/aromatic N) is 3. The van der Waals surface area contributed by atoms with E-state index in [2.05, 4.69) is 26.6 Å². The van der Waals surface area contributed by atoms with Crippen molar-refractivity contribution >= 4 is 51.2 Å². The first-order chi connectivity index (χ1) is 25.1. The Kier molecular flexibility index (Phi) is 9.51. The zero-order valence-electron chi connectivity index (χ0n) is 29.5. The fraction of sp³-hybridized carbons (Fsp3) is 0.268. The smallest absolute Gasteiger partial charge is 0.242 e. The van der Waals surface area contributed by atoms with Crippen LogP contribution >= 0.6 is 0 Å². The molecule has 52 heavy (non-hydrogen) atoms. The molecule has 10 nitrogen and oxygen atoms in total. The largest absolute Gasteiger partial charge is 0.456 e. The molecule has 3 heterocycles. The standard InChI is InChI=1S/C41H41FN6O4/c1-26-8-16-30(17-9-26)45-39-38(28-12-14-29(42)15-13-28)46-40-41(2,3)48(23-22-47(39)40)37(51)25-44-36(50)20-21-43-35(49)19-11-27-10-18-34-32(24-27)31-6-4-5-7-33(31)52-34/h4-10,12-18,24,45H,11,19-23,25H2,1-3H3,(H,43,49)(H,44,50). The lowest BCUT2D eigenvalue weighted by atomic mass is 9.99. The van der Waals surface area contributed by atoms with Crippen molar-refractivity contribution in [1.29, 1.82) is 0 Å². The number of fused-ring (bicyclic) bond motifs is 4. The number of aryl methyl sites for hydroxylation is 2. The monoisotopic (exact) mass is 700 g/mol. The molecule has 3 amide bonds. The third-order valence-corrected chi connectivity index (χ3v) is 9.66. The fourth-order valence-corrected chi connectivity index (χ4v) is 6.83. The number of nitrogens with one attached hydrogen (secondary N) is 3. The first-order valence-electron chi connectivity index (χ1n) is 17.5. The van der Waals surface area contributed by atoms with Crippen molar-refractivity contribution in [2.75, 3.05) is 25.0 Å². The van der Waals surface area contributed by atoms with Gasteiger partial charge in [0, 0.05) is 54.5 Å². The summed E-state index contributed by atoms with van der Waals surface area (Å²) in [5.74, 6) is 0.376. The molecule has 4 aromatic carbocycles.